The molecule has 0 radical (unpaired) electrons. The highest BCUT2D eigenvalue weighted by atomic mass is 35.5. The van der Waals surface area contributed by atoms with E-state index < -0.39 is 160 Å². The number of hydrogen-bond acceptors (Lipinski definition) is 15. The molecule has 10 atom stereocenters. The number of carboxylic acid groups (broad SMARTS) is 2. The number of amides is 8. The molecule has 0 aromatic heterocycles. The lowest BCUT2D eigenvalue weighted by Crippen LogP contribution is -2.59. The molecule has 0 aliphatic carbocycles. The topological polar surface area (TPSA) is 399 Å². The lowest BCUT2D eigenvalue weighted by Gasteiger charge is -2.27. The van der Waals surface area contributed by atoms with Crippen molar-refractivity contribution >= 4 is 99.7 Å². The van der Waals surface area contributed by atoms with Gasteiger partial charge in [0.2, 0.25) is 47.3 Å². The van der Waals surface area contributed by atoms with Gasteiger partial charge in [-0.05, 0) is 61.1 Å². The zero-order valence-electron chi connectivity index (χ0n) is 42.7. The van der Waals surface area contributed by atoms with Crippen LogP contribution in [0.1, 0.15) is 79.4 Å². The zero-order valence-corrected chi connectivity index (χ0v) is 44.2. The van der Waals surface area contributed by atoms with Crippen LogP contribution in [0.2, 0.25) is 0 Å². The van der Waals surface area contributed by atoms with Gasteiger partial charge in [0.1, 0.15) is 59.8 Å². The smallest absolute Gasteiger partial charge is 0.305 e. The molecule has 0 aliphatic heterocycles. The predicted octanol–water partition coefficient (Wildman–Crippen LogP) is -0.976. The number of alkyl halides is 2. The third kappa shape index (κ3) is 20.9. The minimum atomic E-state index is -2.48. The van der Waals surface area contributed by atoms with Gasteiger partial charge in [0.05, 0.1) is 12.8 Å². The number of ketones is 3. The van der Waals surface area contributed by atoms with E-state index in [0.29, 0.717) is 11.1 Å². The van der Waals surface area contributed by atoms with Gasteiger partial charge < -0.3 is 63.0 Å². The van der Waals surface area contributed by atoms with E-state index in [1.165, 1.54) is 62.4 Å². The Morgan fingerprint density at radius 1 is 0.408 bits per heavy atom. The van der Waals surface area contributed by atoms with Crippen LogP contribution in [-0.2, 0) is 75.2 Å². The second kappa shape index (κ2) is 30.0. The minimum absolute atomic E-state index is 0.0418. The van der Waals surface area contributed by atoms with Crippen LogP contribution in [0.4, 0.5) is 0 Å². The van der Waals surface area contributed by atoms with Crippen LogP contribution in [0.3, 0.4) is 0 Å². The van der Waals surface area contributed by atoms with Crippen LogP contribution < -0.4 is 42.5 Å². The SMILES string of the molecule is CC(=O)N[C@@H](Cc1ccc(O)cc1)C(=O)N[C@H](C(=O)N[C@@H](C)C(=O)N[C@@H](CC(=O)O)C(=O)C(Cl)C(=O)C(Cl)C(=O)[C@H](CC(=O)O)NC(=O)[C@H](C)NC(=O)[C@@H](NC(=O)[C@H](Cc1ccc(O)cc1)NC(C)=O)C(C)C)C(C)C. The number of nitrogens with one attached hydrogen (secondary N) is 8. The number of phenolic OH excluding ortho intramolecular Hbond substituents is 2. The summed E-state index contributed by atoms with van der Waals surface area (Å²) in [5.74, 6) is -16.3. The average Bonchev–Trinajstić information content (AvgIpc) is 3.32. The standard InChI is InChI=1S/C49H64Cl2N8O17/c1-21(2)39(58-46(73)33(54-25(7)60)17-27-9-13-29(62)14-10-27)48(75)52-23(5)44(71)56-31(19-35(64)65)41(68)37(50)43(70)38(51)42(69)32(20-36(66)67)57-45(72)24(6)53-49(76)40(22(3)4)59-47(74)34(55-26(8)61)18-28-11-15-30(63)16-12-28/h9-16,21-24,31-34,37-40,62-63H,17-20H2,1-8H3,(H,52,75)(H,53,76)(H,54,60)(H,55,61)(H,56,71)(H,57,72)(H,58,73)(H,59,74)(H,64,65)(H,66,67)/t23-,24-,31-,32-,33-,34-,37?,38?,39-,40-/m0/s1. The van der Waals surface area contributed by atoms with Gasteiger partial charge in [-0.1, -0.05) is 52.0 Å². The molecule has 0 fully saturated rings. The van der Waals surface area contributed by atoms with E-state index in [-0.39, 0.29) is 24.3 Å². The highest BCUT2D eigenvalue weighted by Gasteiger charge is 2.42. The van der Waals surface area contributed by atoms with Gasteiger partial charge in [-0.15, -0.1) is 23.2 Å². The minimum Gasteiger partial charge on any atom is -0.508 e. The van der Waals surface area contributed by atoms with Crippen LogP contribution in [0, 0.1) is 11.8 Å². The summed E-state index contributed by atoms with van der Waals surface area (Å²) >= 11 is 12.3. The van der Waals surface area contributed by atoms with Crippen molar-refractivity contribution in [3.63, 3.8) is 0 Å². The molecular weight excluding hydrogens is 1040 g/mol. The van der Waals surface area contributed by atoms with Crippen LogP contribution >= 0.6 is 23.2 Å². The van der Waals surface area contributed by atoms with Gasteiger partial charge in [0, 0.05) is 26.7 Å². The van der Waals surface area contributed by atoms with E-state index in [1.807, 2.05) is 0 Å². The van der Waals surface area contributed by atoms with Gasteiger partial charge >= 0.3 is 11.9 Å². The van der Waals surface area contributed by atoms with Gasteiger partial charge in [0.15, 0.2) is 28.1 Å². The molecule has 0 aliphatic rings. The van der Waals surface area contributed by atoms with Crippen LogP contribution in [0.25, 0.3) is 0 Å². The van der Waals surface area contributed by atoms with Crippen molar-refractivity contribution in [3.05, 3.63) is 59.7 Å². The highest BCUT2D eigenvalue weighted by molar-refractivity contribution is 6.53. The molecule has 416 valence electrons. The summed E-state index contributed by atoms with van der Waals surface area (Å²) in [7, 11) is 0. The Morgan fingerprint density at radius 3 is 0.974 bits per heavy atom. The predicted molar refractivity (Wildman–Crippen MR) is 270 cm³/mol. The van der Waals surface area contributed by atoms with E-state index in [4.69, 9.17) is 23.2 Å². The molecule has 27 heteroatoms. The number of halogens is 2. The van der Waals surface area contributed by atoms with Gasteiger partial charge in [-0.3, -0.25) is 62.3 Å². The Balaban J connectivity index is 2.19. The number of Topliss-reactive ketones (excluding diaryl/α,β-unsaturated/α-hetero) is 3. The first kappa shape index (κ1) is 64.4. The molecule has 2 unspecified atom stereocenters. The molecule has 76 heavy (non-hydrogen) atoms. The summed E-state index contributed by atoms with van der Waals surface area (Å²) in [4.78, 5) is 169. The van der Waals surface area contributed by atoms with Gasteiger partial charge in [-0.25, -0.2) is 0 Å². The number of hydrogen-bond donors (Lipinski definition) is 12. The molecule has 8 amide bonds. The van der Waals surface area contributed by atoms with E-state index in [2.05, 4.69) is 42.5 Å². The number of aromatic hydroxyl groups is 2. The maximum absolute atomic E-state index is 13.6. The molecule has 0 saturated heterocycles. The second-order valence-corrected chi connectivity index (χ2v) is 19.3. The zero-order chi connectivity index (χ0) is 57.9. The monoisotopic (exact) mass is 1110 g/mol. The number of benzene rings is 2. The van der Waals surface area contributed by atoms with Gasteiger partial charge in [0.25, 0.3) is 0 Å². The molecule has 2 aromatic rings. The molecule has 0 spiro atoms. The second-order valence-electron chi connectivity index (χ2n) is 18.4. The fourth-order valence-corrected chi connectivity index (χ4v) is 7.73. The number of phenols is 2. The lowest BCUT2D eigenvalue weighted by atomic mass is 9.97. The van der Waals surface area contributed by atoms with E-state index in [9.17, 15) is 82.8 Å². The quantitative estimate of drug-likeness (QED) is 0.0331. The number of rotatable bonds is 30. The summed E-state index contributed by atoms with van der Waals surface area (Å²) < 4.78 is 0. The fraction of sp³-hybridized carbons (Fsp3) is 0.490. The maximum atomic E-state index is 13.6. The highest BCUT2D eigenvalue weighted by Crippen LogP contribution is 2.18. The first-order valence-corrected chi connectivity index (χ1v) is 24.5. The van der Waals surface area contributed by atoms with E-state index >= 15 is 0 Å². The van der Waals surface area contributed by atoms with Crippen molar-refractivity contribution in [2.75, 3.05) is 0 Å². The first-order chi connectivity index (χ1) is 35.3. The van der Waals surface area contributed by atoms with Crippen molar-refractivity contribution < 1.29 is 82.8 Å². The van der Waals surface area contributed by atoms with E-state index in [0.717, 1.165) is 13.8 Å². The van der Waals surface area contributed by atoms with Crippen molar-refractivity contribution in [2.45, 2.75) is 140 Å². The summed E-state index contributed by atoms with van der Waals surface area (Å²) in [5.41, 5.74) is 1.09. The summed E-state index contributed by atoms with van der Waals surface area (Å²) in [6.45, 7) is 10.8. The average molecular weight is 1110 g/mol. The Hall–Kier alpha value is -7.67. The molecule has 12 N–H and O–H groups in total. The number of carbonyl (C=O) groups excluding carboxylic acids is 11. The molecule has 0 heterocycles. The Morgan fingerprint density at radius 2 is 0.711 bits per heavy atom. The largest absolute Gasteiger partial charge is 0.508 e. The first-order valence-electron chi connectivity index (χ1n) is 23.6. The summed E-state index contributed by atoms with van der Waals surface area (Å²) in [6.07, 6.45) is -2.48. The van der Waals surface area contributed by atoms with Crippen LogP contribution in [0.15, 0.2) is 48.5 Å². The molecule has 25 nitrogen and oxygen atoms in total. The van der Waals surface area contributed by atoms with Gasteiger partial charge in [-0.2, -0.15) is 0 Å². The van der Waals surface area contributed by atoms with Crippen molar-refractivity contribution in [3.8, 4) is 11.5 Å². The van der Waals surface area contributed by atoms with Crippen molar-refractivity contribution in [1.82, 2.24) is 42.5 Å². The molecule has 0 saturated carbocycles. The Bertz CT molecular complexity index is 2320. The fourth-order valence-electron chi connectivity index (χ4n) is 7.11. The molecule has 2 aromatic carbocycles. The number of carbonyl (C=O) groups is 13. The summed E-state index contributed by atoms with van der Waals surface area (Å²) in [5, 5.41) is 52.3. The molecular formula is C49H64Cl2N8O17. The van der Waals surface area contributed by atoms with E-state index in [1.54, 1.807) is 27.7 Å². The van der Waals surface area contributed by atoms with Crippen molar-refractivity contribution in [2.24, 2.45) is 11.8 Å². The maximum Gasteiger partial charge on any atom is 0.305 e. The third-order valence-corrected chi connectivity index (χ3v) is 12.1. The summed E-state index contributed by atoms with van der Waals surface area (Å²) in [6, 6.07) is -0.800. The van der Waals surface area contributed by atoms with Crippen molar-refractivity contribution in [1.29, 1.82) is 0 Å². The Labute approximate surface area is 446 Å². The number of aliphatic carboxylic acids is 2. The molecule has 2 rings (SSSR count). The van der Waals surface area contributed by atoms with Crippen LogP contribution in [-0.4, -0.2) is 156 Å². The lowest BCUT2D eigenvalue weighted by molar-refractivity contribution is -0.142. The molecule has 0 bridgehead atoms. The number of carboxylic acids is 2. The third-order valence-electron chi connectivity index (χ3n) is 11.2. The van der Waals surface area contributed by atoms with Crippen LogP contribution in [0.5, 0.6) is 11.5 Å². The Kier molecular flexibility index (Phi) is 25.5. The normalized spacial score (nSPS) is 15.0.